The third-order valence-corrected chi connectivity index (χ3v) is 3.67. The Morgan fingerprint density at radius 2 is 1.73 bits per heavy atom. The summed E-state index contributed by atoms with van der Waals surface area (Å²) >= 11 is 0. The number of rotatable bonds is 7. The molecule has 15 heavy (non-hydrogen) atoms. The van der Waals surface area contributed by atoms with Crippen LogP contribution < -0.4 is 0 Å². The highest BCUT2D eigenvalue weighted by atomic mass is 14.3. The van der Waals surface area contributed by atoms with Gasteiger partial charge in [-0.3, -0.25) is 0 Å². The van der Waals surface area contributed by atoms with E-state index in [1.54, 1.807) is 0 Å². The SMILES string of the molecule is C=C(C(C)C)C(CCC(C)C)CC1CC1. The van der Waals surface area contributed by atoms with Crippen LogP contribution in [-0.2, 0) is 0 Å². The smallest absolute Gasteiger partial charge is 0.0201 e. The van der Waals surface area contributed by atoms with Crippen LogP contribution in [0.3, 0.4) is 0 Å². The normalized spacial score (nSPS) is 18.5. The molecule has 0 radical (unpaired) electrons. The van der Waals surface area contributed by atoms with Crippen LogP contribution in [0, 0.1) is 23.7 Å². The summed E-state index contributed by atoms with van der Waals surface area (Å²) in [7, 11) is 0. The lowest BCUT2D eigenvalue weighted by atomic mass is 9.83. The summed E-state index contributed by atoms with van der Waals surface area (Å²) < 4.78 is 0. The first kappa shape index (κ1) is 12.8. The molecule has 0 spiro atoms. The topological polar surface area (TPSA) is 0 Å². The second kappa shape index (κ2) is 5.72. The van der Waals surface area contributed by atoms with Gasteiger partial charge in [0.2, 0.25) is 0 Å². The maximum absolute atomic E-state index is 4.31. The van der Waals surface area contributed by atoms with Gasteiger partial charge in [0.1, 0.15) is 0 Å². The summed E-state index contributed by atoms with van der Waals surface area (Å²) in [5.41, 5.74) is 1.50. The highest BCUT2D eigenvalue weighted by Gasteiger charge is 2.27. The molecule has 0 amide bonds. The zero-order valence-electron chi connectivity index (χ0n) is 11.1. The lowest BCUT2D eigenvalue weighted by molar-refractivity contribution is 0.406. The van der Waals surface area contributed by atoms with Gasteiger partial charge in [0.25, 0.3) is 0 Å². The van der Waals surface area contributed by atoms with Gasteiger partial charge in [-0.15, -0.1) is 0 Å². The summed E-state index contributed by atoms with van der Waals surface area (Å²) in [6.07, 6.45) is 7.10. The van der Waals surface area contributed by atoms with Gasteiger partial charge < -0.3 is 0 Å². The summed E-state index contributed by atoms with van der Waals surface area (Å²) in [6, 6.07) is 0. The van der Waals surface area contributed by atoms with Gasteiger partial charge in [0.05, 0.1) is 0 Å². The summed E-state index contributed by atoms with van der Waals surface area (Å²) in [6.45, 7) is 13.5. The van der Waals surface area contributed by atoms with Crippen molar-refractivity contribution in [3.8, 4) is 0 Å². The molecular weight excluding hydrogens is 180 g/mol. The average Bonchev–Trinajstić information content (AvgIpc) is 2.94. The molecule has 1 fully saturated rings. The Labute approximate surface area is 96.2 Å². The van der Waals surface area contributed by atoms with Crippen LogP contribution in [0.25, 0.3) is 0 Å². The van der Waals surface area contributed by atoms with E-state index < -0.39 is 0 Å². The average molecular weight is 208 g/mol. The lowest BCUT2D eigenvalue weighted by Gasteiger charge is -2.23. The van der Waals surface area contributed by atoms with Crippen molar-refractivity contribution in [2.45, 2.75) is 59.8 Å². The molecule has 0 aromatic rings. The van der Waals surface area contributed by atoms with E-state index in [1.165, 1.54) is 37.7 Å². The third-order valence-electron chi connectivity index (χ3n) is 3.67. The Hall–Kier alpha value is -0.260. The monoisotopic (exact) mass is 208 g/mol. The molecule has 0 bridgehead atoms. The quantitative estimate of drug-likeness (QED) is 0.513. The molecule has 1 aliphatic carbocycles. The van der Waals surface area contributed by atoms with E-state index in [0.717, 1.165) is 17.8 Å². The van der Waals surface area contributed by atoms with Crippen molar-refractivity contribution in [1.29, 1.82) is 0 Å². The highest BCUT2D eigenvalue weighted by molar-refractivity contribution is 5.04. The molecule has 0 aliphatic heterocycles. The molecule has 0 nitrogen and oxygen atoms in total. The van der Waals surface area contributed by atoms with Crippen molar-refractivity contribution in [3.05, 3.63) is 12.2 Å². The number of allylic oxidation sites excluding steroid dienone is 1. The summed E-state index contributed by atoms with van der Waals surface area (Å²) in [4.78, 5) is 0. The van der Waals surface area contributed by atoms with E-state index >= 15 is 0 Å². The van der Waals surface area contributed by atoms with Gasteiger partial charge in [0.15, 0.2) is 0 Å². The molecular formula is C15H28. The fourth-order valence-electron chi connectivity index (χ4n) is 2.22. The predicted octanol–water partition coefficient (Wildman–Crippen LogP) is 5.05. The first-order chi connectivity index (χ1) is 7.00. The first-order valence-electron chi connectivity index (χ1n) is 6.69. The van der Waals surface area contributed by atoms with Gasteiger partial charge in [-0.1, -0.05) is 59.1 Å². The zero-order valence-corrected chi connectivity index (χ0v) is 11.1. The van der Waals surface area contributed by atoms with E-state index in [-0.39, 0.29) is 0 Å². The van der Waals surface area contributed by atoms with E-state index in [1.807, 2.05) is 0 Å². The van der Waals surface area contributed by atoms with E-state index in [2.05, 4.69) is 34.3 Å². The largest absolute Gasteiger partial charge is 0.0993 e. The first-order valence-corrected chi connectivity index (χ1v) is 6.69. The van der Waals surface area contributed by atoms with Crippen LogP contribution >= 0.6 is 0 Å². The lowest BCUT2D eigenvalue weighted by Crippen LogP contribution is -2.10. The minimum Gasteiger partial charge on any atom is -0.0993 e. The van der Waals surface area contributed by atoms with Crippen LogP contribution in [0.1, 0.15) is 59.8 Å². The molecule has 88 valence electrons. The van der Waals surface area contributed by atoms with Crippen LogP contribution in [0.2, 0.25) is 0 Å². The van der Waals surface area contributed by atoms with Crippen LogP contribution in [0.5, 0.6) is 0 Å². The van der Waals surface area contributed by atoms with Crippen molar-refractivity contribution in [2.75, 3.05) is 0 Å². The van der Waals surface area contributed by atoms with Crippen LogP contribution in [0.15, 0.2) is 12.2 Å². The van der Waals surface area contributed by atoms with E-state index in [4.69, 9.17) is 0 Å². The van der Waals surface area contributed by atoms with Gasteiger partial charge >= 0.3 is 0 Å². The molecule has 1 saturated carbocycles. The Balaban J connectivity index is 2.40. The van der Waals surface area contributed by atoms with E-state index in [0.29, 0.717) is 5.92 Å². The summed E-state index contributed by atoms with van der Waals surface area (Å²) in [5.74, 6) is 3.35. The van der Waals surface area contributed by atoms with Gasteiger partial charge in [-0.2, -0.15) is 0 Å². The van der Waals surface area contributed by atoms with Gasteiger partial charge in [0, 0.05) is 0 Å². The van der Waals surface area contributed by atoms with Crippen molar-refractivity contribution < 1.29 is 0 Å². The summed E-state index contributed by atoms with van der Waals surface area (Å²) in [5, 5.41) is 0. The zero-order chi connectivity index (χ0) is 11.4. The van der Waals surface area contributed by atoms with Crippen LogP contribution in [0.4, 0.5) is 0 Å². The number of hydrogen-bond acceptors (Lipinski definition) is 0. The predicted molar refractivity (Wildman–Crippen MR) is 68.9 cm³/mol. The van der Waals surface area contributed by atoms with Crippen molar-refractivity contribution in [1.82, 2.24) is 0 Å². The fraction of sp³-hybridized carbons (Fsp3) is 0.867. The number of hydrogen-bond donors (Lipinski definition) is 0. The molecule has 1 atom stereocenters. The second-order valence-corrected chi connectivity index (χ2v) is 6.08. The Morgan fingerprint density at radius 3 is 2.13 bits per heavy atom. The molecule has 0 aromatic carbocycles. The van der Waals surface area contributed by atoms with E-state index in [9.17, 15) is 0 Å². The molecule has 0 N–H and O–H groups in total. The van der Waals surface area contributed by atoms with Crippen molar-refractivity contribution in [2.24, 2.45) is 23.7 Å². The maximum atomic E-state index is 4.31. The molecule has 1 rings (SSSR count). The maximum Gasteiger partial charge on any atom is -0.0201 e. The highest BCUT2D eigenvalue weighted by Crippen LogP contribution is 2.40. The molecule has 0 heteroatoms. The fourth-order valence-corrected chi connectivity index (χ4v) is 2.22. The third kappa shape index (κ3) is 4.86. The Morgan fingerprint density at radius 1 is 1.13 bits per heavy atom. The molecule has 0 heterocycles. The van der Waals surface area contributed by atoms with Gasteiger partial charge in [-0.25, -0.2) is 0 Å². The Kier molecular flexibility index (Phi) is 4.89. The van der Waals surface area contributed by atoms with Crippen molar-refractivity contribution in [3.63, 3.8) is 0 Å². The minimum atomic E-state index is 0.668. The van der Waals surface area contributed by atoms with Crippen LogP contribution in [-0.4, -0.2) is 0 Å². The second-order valence-electron chi connectivity index (χ2n) is 6.08. The van der Waals surface area contributed by atoms with Gasteiger partial charge in [-0.05, 0) is 36.5 Å². The molecule has 1 unspecified atom stereocenters. The standard InChI is InChI=1S/C15H28/c1-11(2)6-9-15(10-14-7-8-14)13(5)12(3)4/h11-12,14-15H,5-10H2,1-4H3. The molecule has 1 aliphatic rings. The van der Waals surface area contributed by atoms with Crippen molar-refractivity contribution >= 4 is 0 Å². The Bertz CT molecular complexity index is 196. The molecule has 0 saturated heterocycles. The molecule has 0 aromatic heterocycles. The minimum absolute atomic E-state index is 0.668.